The van der Waals surface area contributed by atoms with Gasteiger partial charge in [0, 0.05) is 30.2 Å². The zero-order valence-corrected chi connectivity index (χ0v) is 14.0. The molecule has 0 bridgehead atoms. The van der Waals surface area contributed by atoms with Crippen LogP contribution < -0.4 is 0 Å². The zero-order chi connectivity index (χ0) is 15.7. The van der Waals surface area contributed by atoms with Crippen molar-refractivity contribution in [3.8, 4) is 0 Å². The topological polar surface area (TPSA) is 57.6 Å². The first-order valence-electron chi connectivity index (χ1n) is 7.41. The highest BCUT2D eigenvalue weighted by Crippen LogP contribution is 2.45. The van der Waals surface area contributed by atoms with Gasteiger partial charge in [0.25, 0.3) is 5.91 Å². The number of benzene rings is 1. The minimum atomic E-state index is -0.812. The second kappa shape index (κ2) is 6.54. The molecule has 2 heterocycles. The average molecular weight is 337 g/mol. The summed E-state index contributed by atoms with van der Waals surface area (Å²) < 4.78 is 0.479. The van der Waals surface area contributed by atoms with Crippen LogP contribution in [0, 0.1) is 11.8 Å². The zero-order valence-electron chi connectivity index (χ0n) is 12.4. The normalized spacial score (nSPS) is 25.6. The van der Waals surface area contributed by atoms with Crippen LogP contribution in [0.25, 0.3) is 0 Å². The van der Waals surface area contributed by atoms with Gasteiger partial charge in [-0.3, -0.25) is 9.59 Å². The van der Waals surface area contributed by atoms with Crippen molar-refractivity contribution in [3.05, 3.63) is 35.4 Å². The molecule has 118 valence electrons. The Morgan fingerprint density at radius 1 is 1.14 bits per heavy atom. The Kier molecular flexibility index (Phi) is 4.68. The Balaban J connectivity index is 1.69. The van der Waals surface area contributed by atoms with Gasteiger partial charge >= 0.3 is 5.97 Å². The summed E-state index contributed by atoms with van der Waals surface area (Å²) in [5.74, 6) is 1.04. The van der Waals surface area contributed by atoms with Gasteiger partial charge in [-0.2, -0.15) is 0 Å². The lowest BCUT2D eigenvalue weighted by molar-refractivity contribution is -0.142. The molecule has 1 aromatic rings. The molecule has 0 aromatic heterocycles. The monoisotopic (exact) mass is 337 g/mol. The molecule has 2 fully saturated rings. The Morgan fingerprint density at radius 3 is 2.32 bits per heavy atom. The molecule has 1 aromatic carbocycles. The standard InChI is InChI=1S/C16H19NO3S2/c1-10-8-17(9-13(10)15(19)20)14(18)11-2-4-12(5-3-11)16-21-6-7-22-16/h2-5,10,13,16H,6-9H2,1H3,(H,19,20)/t10-,13-/m1/s1. The highest BCUT2D eigenvalue weighted by molar-refractivity contribution is 8.19. The van der Waals surface area contributed by atoms with Crippen molar-refractivity contribution in [2.75, 3.05) is 24.6 Å². The van der Waals surface area contributed by atoms with Gasteiger partial charge in [0.15, 0.2) is 0 Å². The molecule has 1 amide bonds. The predicted molar refractivity (Wildman–Crippen MR) is 90.3 cm³/mol. The second-order valence-electron chi connectivity index (χ2n) is 5.83. The van der Waals surface area contributed by atoms with Crippen molar-refractivity contribution in [1.82, 2.24) is 4.90 Å². The lowest BCUT2D eigenvalue weighted by Gasteiger charge is -2.16. The number of hydrogen-bond acceptors (Lipinski definition) is 4. The van der Waals surface area contributed by atoms with E-state index in [0.29, 0.717) is 23.2 Å². The van der Waals surface area contributed by atoms with Gasteiger partial charge in [-0.05, 0) is 23.6 Å². The quantitative estimate of drug-likeness (QED) is 0.919. The molecule has 0 saturated carbocycles. The number of nitrogens with zero attached hydrogens (tertiary/aromatic N) is 1. The summed E-state index contributed by atoms with van der Waals surface area (Å²) in [4.78, 5) is 25.3. The summed E-state index contributed by atoms with van der Waals surface area (Å²) in [7, 11) is 0. The fourth-order valence-corrected chi connectivity index (χ4v) is 5.83. The molecule has 0 radical (unpaired) electrons. The molecular formula is C16H19NO3S2. The first-order chi connectivity index (χ1) is 10.6. The number of carboxylic acids is 1. The first kappa shape index (κ1) is 15.7. The fourth-order valence-electron chi connectivity index (χ4n) is 2.97. The van der Waals surface area contributed by atoms with Crippen LogP contribution in [0.2, 0.25) is 0 Å². The molecule has 2 aliphatic heterocycles. The van der Waals surface area contributed by atoms with Crippen LogP contribution in [-0.2, 0) is 4.79 Å². The summed E-state index contributed by atoms with van der Waals surface area (Å²) in [5.41, 5.74) is 1.90. The van der Waals surface area contributed by atoms with Crippen molar-refractivity contribution < 1.29 is 14.7 Å². The highest BCUT2D eigenvalue weighted by Gasteiger charge is 2.37. The number of carbonyl (C=O) groups excluding carboxylic acids is 1. The van der Waals surface area contributed by atoms with Gasteiger partial charge in [-0.15, -0.1) is 23.5 Å². The molecule has 2 atom stereocenters. The molecule has 0 aliphatic carbocycles. The Bertz CT molecular complexity index is 569. The fraction of sp³-hybridized carbons (Fsp3) is 0.500. The maximum Gasteiger partial charge on any atom is 0.308 e. The number of carboxylic acid groups (broad SMARTS) is 1. The molecule has 0 unspecified atom stereocenters. The van der Waals surface area contributed by atoms with Crippen LogP contribution in [0.3, 0.4) is 0 Å². The van der Waals surface area contributed by atoms with Crippen molar-refractivity contribution in [2.45, 2.75) is 11.5 Å². The predicted octanol–water partition coefficient (Wildman–Crippen LogP) is 2.96. The summed E-state index contributed by atoms with van der Waals surface area (Å²) in [5, 5.41) is 9.17. The van der Waals surface area contributed by atoms with E-state index in [9.17, 15) is 9.59 Å². The van der Waals surface area contributed by atoms with Crippen LogP contribution in [0.15, 0.2) is 24.3 Å². The van der Waals surface area contributed by atoms with E-state index in [1.54, 1.807) is 4.90 Å². The van der Waals surface area contributed by atoms with Crippen LogP contribution in [-0.4, -0.2) is 46.5 Å². The molecule has 22 heavy (non-hydrogen) atoms. The summed E-state index contributed by atoms with van der Waals surface area (Å²) in [6.07, 6.45) is 0. The molecule has 6 heteroatoms. The summed E-state index contributed by atoms with van der Waals surface area (Å²) in [6.45, 7) is 2.72. The molecule has 1 N–H and O–H groups in total. The van der Waals surface area contributed by atoms with Crippen molar-refractivity contribution >= 4 is 35.4 Å². The first-order valence-corrected chi connectivity index (χ1v) is 9.51. The number of hydrogen-bond donors (Lipinski definition) is 1. The number of likely N-dealkylation sites (tertiary alicyclic amines) is 1. The highest BCUT2D eigenvalue weighted by atomic mass is 32.2. The van der Waals surface area contributed by atoms with Gasteiger partial charge in [0.1, 0.15) is 0 Å². The molecule has 2 saturated heterocycles. The molecule has 2 aliphatic rings. The van der Waals surface area contributed by atoms with Crippen LogP contribution >= 0.6 is 23.5 Å². The molecular weight excluding hydrogens is 318 g/mol. The van der Waals surface area contributed by atoms with Gasteiger partial charge in [-0.1, -0.05) is 19.1 Å². The van der Waals surface area contributed by atoms with E-state index in [1.165, 1.54) is 17.1 Å². The smallest absolute Gasteiger partial charge is 0.308 e. The van der Waals surface area contributed by atoms with E-state index >= 15 is 0 Å². The molecule has 4 nitrogen and oxygen atoms in total. The van der Waals surface area contributed by atoms with E-state index in [2.05, 4.69) is 0 Å². The second-order valence-corrected chi connectivity index (χ2v) is 8.55. The summed E-state index contributed by atoms with van der Waals surface area (Å²) >= 11 is 3.88. The third kappa shape index (κ3) is 3.13. The maximum atomic E-state index is 12.5. The lowest BCUT2D eigenvalue weighted by Crippen LogP contribution is -2.29. The largest absolute Gasteiger partial charge is 0.481 e. The number of carbonyl (C=O) groups is 2. The average Bonchev–Trinajstić information content (AvgIpc) is 3.16. The van der Waals surface area contributed by atoms with Crippen molar-refractivity contribution in [2.24, 2.45) is 11.8 Å². The van der Waals surface area contributed by atoms with E-state index in [0.717, 1.165) is 0 Å². The molecule has 3 rings (SSSR count). The van der Waals surface area contributed by atoms with Gasteiger partial charge in [0.2, 0.25) is 0 Å². The van der Waals surface area contributed by atoms with Gasteiger partial charge in [-0.25, -0.2) is 0 Å². The minimum absolute atomic E-state index is 0.00649. The number of rotatable bonds is 3. The number of aliphatic carboxylic acids is 1. The van der Waals surface area contributed by atoms with Crippen molar-refractivity contribution in [1.29, 1.82) is 0 Å². The van der Waals surface area contributed by atoms with E-state index < -0.39 is 11.9 Å². The SMILES string of the molecule is C[C@@H]1CN(C(=O)c2ccc(C3SCCS3)cc2)C[C@H]1C(=O)O. The van der Waals surface area contributed by atoms with Gasteiger partial charge in [0.05, 0.1) is 10.5 Å². The minimum Gasteiger partial charge on any atom is -0.481 e. The van der Waals surface area contributed by atoms with Crippen molar-refractivity contribution in [3.63, 3.8) is 0 Å². The maximum absolute atomic E-state index is 12.5. The third-order valence-corrected chi connectivity index (χ3v) is 7.37. The van der Waals surface area contributed by atoms with Gasteiger partial charge < -0.3 is 10.0 Å². The Labute approximate surface area is 138 Å². The van der Waals surface area contributed by atoms with Crippen LogP contribution in [0.4, 0.5) is 0 Å². The third-order valence-electron chi connectivity index (χ3n) is 4.27. The van der Waals surface area contributed by atoms with Crippen LogP contribution in [0.5, 0.6) is 0 Å². The van der Waals surface area contributed by atoms with E-state index in [1.807, 2.05) is 54.7 Å². The Morgan fingerprint density at radius 2 is 1.77 bits per heavy atom. The summed E-state index contributed by atoms with van der Waals surface area (Å²) in [6, 6.07) is 7.79. The van der Waals surface area contributed by atoms with E-state index in [4.69, 9.17) is 5.11 Å². The van der Waals surface area contributed by atoms with E-state index in [-0.39, 0.29) is 11.8 Å². The lowest BCUT2D eigenvalue weighted by atomic mass is 9.99. The Hall–Kier alpha value is -1.14. The number of thioether (sulfide) groups is 2. The van der Waals surface area contributed by atoms with Crippen LogP contribution in [0.1, 0.15) is 27.4 Å². The molecule has 0 spiro atoms. The number of amides is 1.